The van der Waals surface area contributed by atoms with Gasteiger partial charge in [0.1, 0.15) is 12.4 Å². The number of amidine groups is 1. The van der Waals surface area contributed by atoms with Gasteiger partial charge in [0.15, 0.2) is 16.7 Å². The highest BCUT2D eigenvalue weighted by atomic mass is 127. The normalized spacial score (nSPS) is 15.5. The molecule has 1 fully saturated rings. The minimum atomic E-state index is -0.315. The summed E-state index contributed by atoms with van der Waals surface area (Å²) in [5.41, 5.74) is 3.28. The van der Waals surface area contributed by atoms with Gasteiger partial charge in [-0.3, -0.25) is 4.79 Å². The summed E-state index contributed by atoms with van der Waals surface area (Å²) in [6.07, 6.45) is 2.76. The van der Waals surface area contributed by atoms with Crippen LogP contribution in [0.2, 0.25) is 0 Å². The Hall–Kier alpha value is -2.85. The summed E-state index contributed by atoms with van der Waals surface area (Å²) < 4.78 is 26.5. The van der Waals surface area contributed by atoms with E-state index >= 15 is 0 Å². The lowest BCUT2D eigenvalue weighted by Crippen LogP contribution is -2.19. The maximum atomic E-state index is 14.0. The molecular formula is C27H24FIN2O3S. The molecule has 0 aliphatic carbocycles. The van der Waals surface area contributed by atoms with Crippen molar-refractivity contribution < 1.29 is 18.7 Å². The number of ether oxygens (including phenoxy) is 2. The Morgan fingerprint density at radius 1 is 1.09 bits per heavy atom. The Kier molecular flexibility index (Phi) is 8.46. The molecule has 0 unspecified atom stereocenters. The highest BCUT2D eigenvalue weighted by molar-refractivity contribution is 14.1. The van der Waals surface area contributed by atoms with Crippen molar-refractivity contribution in [3.05, 3.63) is 91.6 Å². The lowest BCUT2D eigenvalue weighted by atomic mass is 10.1. The standard InChI is InChI=1S/C27H24FIN2O3S/c1-3-17-9-11-20(12-10-17)30-27-31-26(32)24(35-27)15-18-13-22(29)25(23(14-18)33-4-2)34-16-19-7-5-6-8-21(19)28/h5-15H,3-4,16H2,1-2H3,(H,30,31,32)/b24-15-. The Balaban J connectivity index is 1.55. The minimum absolute atomic E-state index is 0.0838. The highest BCUT2D eigenvalue weighted by Gasteiger charge is 2.24. The first-order valence-electron chi connectivity index (χ1n) is 11.2. The first kappa shape index (κ1) is 25.2. The van der Waals surface area contributed by atoms with E-state index in [1.54, 1.807) is 24.3 Å². The fourth-order valence-corrected chi connectivity index (χ4v) is 5.02. The van der Waals surface area contributed by atoms with Gasteiger partial charge in [0.25, 0.3) is 5.91 Å². The third-order valence-electron chi connectivity index (χ3n) is 5.19. The van der Waals surface area contributed by atoms with Crippen molar-refractivity contribution in [1.82, 2.24) is 5.32 Å². The van der Waals surface area contributed by atoms with Gasteiger partial charge >= 0.3 is 0 Å². The maximum absolute atomic E-state index is 14.0. The number of halogens is 2. The molecule has 1 amide bonds. The Morgan fingerprint density at radius 3 is 2.57 bits per heavy atom. The van der Waals surface area contributed by atoms with E-state index in [4.69, 9.17) is 9.47 Å². The molecule has 8 heteroatoms. The van der Waals surface area contributed by atoms with Crippen LogP contribution < -0.4 is 14.8 Å². The molecule has 1 aliphatic rings. The van der Waals surface area contributed by atoms with Gasteiger partial charge in [-0.1, -0.05) is 37.3 Å². The molecule has 1 aliphatic heterocycles. The van der Waals surface area contributed by atoms with Crippen LogP contribution >= 0.6 is 34.4 Å². The molecule has 5 nitrogen and oxygen atoms in total. The Bertz CT molecular complexity index is 1290. The number of hydrogen-bond acceptors (Lipinski definition) is 5. The zero-order valence-corrected chi connectivity index (χ0v) is 22.3. The molecule has 0 spiro atoms. The van der Waals surface area contributed by atoms with E-state index in [1.807, 2.05) is 43.3 Å². The summed E-state index contributed by atoms with van der Waals surface area (Å²) >= 11 is 3.45. The van der Waals surface area contributed by atoms with Crippen molar-refractivity contribution in [2.24, 2.45) is 4.99 Å². The summed E-state index contributed by atoms with van der Waals surface area (Å²) in [7, 11) is 0. The van der Waals surface area contributed by atoms with E-state index in [0.717, 1.165) is 21.2 Å². The number of benzene rings is 3. The third-order valence-corrected chi connectivity index (χ3v) is 6.90. The first-order valence-corrected chi connectivity index (χ1v) is 13.1. The molecule has 3 aromatic carbocycles. The van der Waals surface area contributed by atoms with Gasteiger partial charge in [-0.15, -0.1) is 0 Å². The molecule has 4 rings (SSSR count). The first-order chi connectivity index (χ1) is 17.0. The van der Waals surface area contributed by atoms with E-state index < -0.39 is 0 Å². The summed E-state index contributed by atoms with van der Waals surface area (Å²) in [6, 6.07) is 18.2. The van der Waals surface area contributed by atoms with Crippen LogP contribution in [-0.2, 0) is 17.8 Å². The van der Waals surface area contributed by atoms with Crippen molar-refractivity contribution in [2.45, 2.75) is 26.9 Å². The number of thioether (sulfide) groups is 1. The average molecular weight is 602 g/mol. The molecule has 35 heavy (non-hydrogen) atoms. The van der Waals surface area contributed by atoms with Crippen LogP contribution in [-0.4, -0.2) is 17.7 Å². The molecule has 0 radical (unpaired) electrons. The smallest absolute Gasteiger partial charge is 0.264 e. The molecule has 1 saturated heterocycles. The van der Waals surface area contributed by atoms with Crippen LogP contribution in [0.5, 0.6) is 11.5 Å². The van der Waals surface area contributed by atoms with E-state index in [-0.39, 0.29) is 18.3 Å². The van der Waals surface area contributed by atoms with Crippen molar-refractivity contribution in [3.8, 4) is 11.5 Å². The summed E-state index contributed by atoms with van der Waals surface area (Å²) in [5, 5.41) is 3.36. The van der Waals surface area contributed by atoms with Crippen molar-refractivity contribution in [2.75, 3.05) is 6.61 Å². The second kappa shape index (κ2) is 11.7. The Labute approximate surface area is 222 Å². The fourth-order valence-electron chi connectivity index (χ4n) is 3.39. The lowest BCUT2D eigenvalue weighted by molar-refractivity contribution is -0.115. The van der Waals surface area contributed by atoms with Gasteiger partial charge in [0.05, 0.1) is 20.8 Å². The molecule has 1 N–H and O–H groups in total. The molecule has 0 bridgehead atoms. The quantitative estimate of drug-likeness (QED) is 0.226. The fraction of sp³-hybridized carbons (Fsp3) is 0.185. The number of hydrogen-bond donors (Lipinski definition) is 1. The number of aliphatic imine (C=N–C) groups is 1. The second-order valence-corrected chi connectivity index (χ2v) is 9.84. The van der Waals surface area contributed by atoms with Gasteiger partial charge in [-0.05, 0) is 95.2 Å². The number of nitrogens with one attached hydrogen (secondary N) is 1. The summed E-state index contributed by atoms with van der Waals surface area (Å²) in [4.78, 5) is 17.6. The van der Waals surface area contributed by atoms with E-state index in [0.29, 0.717) is 33.7 Å². The molecule has 180 valence electrons. The number of aryl methyl sites for hydroxylation is 1. The number of carbonyl (C=O) groups excluding carboxylic acids is 1. The van der Waals surface area contributed by atoms with E-state index in [2.05, 4.69) is 39.8 Å². The number of amides is 1. The molecule has 1 heterocycles. The zero-order valence-electron chi connectivity index (χ0n) is 19.3. The SMILES string of the molecule is CCOc1cc(/C=C2\SC(=Nc3ccc(CC)cc3)NC2=O)cc(I)c1OCc1ccccc1F. The van der Waals surface area contributed by atoms with Gasteiger partial charge < -0.3 is 14.8 Å². The zero-order chi connectivity index (χ0) is 24.8. The molecule has 0 aromatic heterocycles. The molecule has 3 aromatic rings. The summed E-state index contributed by atoms with van der Waals surface area (Å²) in [6.45, 7) is 4.51. The molecule has 0 atom stereocenters. The minimum Gasteiger partial charge on any atom is -0.490 e. The number of nitrogens with zero attached hydrogens (tertiary/aromatic N) is 1. The van der Waals surface area contributed by atoms with Crippen LogP contribution in [0.3, 0.4) is 0 Å². The monoisotopic (exact) mass is 602 g/mol. The van der Waals surface area contributed by atoms with E-state index in [9.17, 15) is 9.18 Å². The second-order valence-electron chi connectivity index (χ2n) is 7.64. The lowest BCUT2D eigenvalue weighted by Gasteiger charge is -2.15. The van der Waals surface area contributed by atoms with Gasteiger partial charge in [-0.2, -0.15) is 0 Å². The van der Waals surface area contributed by atoms with Crippen LogP contribution in [0.1, 0.15) is 30.5 Å². The summed E-state index contributed by atoms with van der Waals surface area (Å²) in [5.74, 6) is 0.562. The van der Waals surface area contributed by atoms with Crippen molar-refractivity contribution in [3.63, 3.8) is 0 Å². The third kappa shape index (κ3) is 6.43. The predicted molar refractivity (Wildman–Crippen MR) is 148 cm³/mol. The van der Waals surface area contributed by atoms with Gasteiger partial charge in [-0.25, -0.2) is 9.38 Å². The van der Waals surface area contributed by atoms with Gasteiger partial charge in [0, 0.05) is 5.56 Å². The predicted octanol–water partition coefficient (Wildman–Crippen LogP) is 6.86. The number of rotatable bonds is 8. The average Bonchev–Trinajstić information content (AvgIpc) is 3.18. The maximum Gasteiger partial charge on any atom is 0.264 e. The largest absolute Gasteiger partial charge is 0.490 e. The van der Waals surface area contributed by atoms with Crippen LogP contribution in [0.25, 0.3) is 6.08 Å². The van der Waals surface area contributed by atoms with Crippen LogP contribution in [0.15, 0.2) is 70.6 Å². The Morgan fingerprint density at radius 2 is 1.86 bits per heavy atom. The van der Waals surface area contributed by atoms with Gasteiger partial charge in [0.2, 0.25) is 0 Å². The van der Waals surface area contributed by atoms with Crippen LogP contribution in [0.4, 0.5) is 10.1 Å². The van der Waals surface area contributed by atoms with Crippen molar-refractivity contribution >= 4 is 57.2 Å². The highest BCUT2D eigenvalue weighted by Crippen LogP contribution is 2.37. The van der Waals surface area contributed by atoms with Crippen molar-refractivity contribution in [1.29, 1.82) is 0 Å². The van der Waals surface area contributed by atoms with E-state index in [1.165, 1.54) is 23.4 Å². The van der Waals surface area contributed by atoms with Crippen LogP contribution in [0, 0.1) is 9.39 Å². The molecular weight excluding hydrogens is 578 g/mol. The topological polar surface area (TPSA) is 59.9 Å². The number of carbonyl (C=O) groups is 1. The molecule has 0 saturated carbocycles.